The SMILES string of the molecule is CCCCCN(CC(=O)N[C@@H](CC(C)C)C(=O)NCC(N)=O)C(=O)C1CCSCCC(=O)NC(Cc2ccc(O)cc2)C(=O)N[C@@H]([C@@H](C)CC)C(=O)N[C@@H](CCC(N)=O)C(=O)NC(CC(N)=O)C(=O)N1. The Morgan fingerprint density at radius 1 is 0.786 bits per heavy atom. The van der Waals surface area contributed by atoms with Crippen molar-refractivity contribution in [2.75, 3.05) is 31.1 Å². The van der Waals surface area contributed by atoms with Crippen molar-refractivity contribution in [3.63, 3.8) is 0 Å². The summed E-state index contributed by atoms with van der Waals surface area (Å²) < 4.78 is 0. The number of phenolic OH excluding ortho intramolecular Hbond substituents is 1. The Hall–Kier alpha value is -6.46. The summed E-state index contributed by atoms with van der Waals surface area (Å²) in [6.07, 6.45) is 0.569. The fourth-order valence-corrected chi connectivity index (χ4v) is 8.19. The van der Waals surface area contributed by atoms with Gasteiger partial charge in [0.25, 0.3) is 0 Å². The third kappa shape index (κ3) is 22.3. The molecule has 2 rings (SSSR count). The van der Waals surface area contributed by atoms with Gasteiger partial charge in [-0.25, -0.2) is 0 Å². The van der Waals surface area contributed by atoms with Crippen molar-refractivity contribution >= 4 is 76.7 Å². The van der Waals surface area contributed by atoms with Crippen molar-refractivity contribution in [2.24, 2.45) is 29.0 Å². The van der Waals surface area contributed by atoms with E-state index in [4.69, 9.17) is 17.2 Å². The molecule has 0 aliphatic carbocycles. The Labute approximate surface area is 412 Å². The molecule has 7 atom stereocenters. The molecule has 70 heavy (non-hydrogen) atoms. The normalized spacial score (nSPS) is 20.8. The maximum absolute atomic E-state index is 14.6. The predicted molar refractivity (Wildman–Crippen MR) is 259 cm³/mol. The summed E-state index contributed by atoms with van der Waals surface area (Å²) in [5.41, 5.74) is 16.7. The lowest BCUT2D eigenvalue weighted by Gasteiger charge is -2.30. The van der Waals surface area contributed by atoms with Crippen LogP contribution in [0.5, 0.6) is 5.75 Å². The zero-order chi connectivity index (χ0) is 52.5. The molecule has 1 aliphatic rings. The van der Waals surface area contributed by atoms with E-state index in [1.54, 1.807) is 26.0 Å². The first-order valence-electron chi connectivity index (χ1n) is 23.6. The molecule has 1 fully saturated rings. The predicted octanol–water partition coefficient (Wildman–Crippen LogP) is -1.78. The van der Waals surface area contributed by atoms with Crippen molar-refractivity contribution in [1.29, 1.82) is 0 Å². The number of nitrogens with one attached hydrogen (secondary N) is 7. The summed E-state index contributed by atoms with van der Waals surface area (Å²) in [5, 5.41) is 27.9. The number of rotatable bonds is 22. The summed E-state index contributed by atoms with van der Waals surface area (Å²) in [4.78, 5) is 148. The smallest absolute Gasteiger partial charge is 0.245 e. The Kier molecular flexibility index (Phi) is 26.3. The van der Waals surface area contributed by atoms with E-state index in [-0.39, 0.29) is 61.8 Å². The number of primary amides is 3. The first-order valence-corrected chi connectivity index (χ1v) is 24.8. The quantitative estimate of drug-likeness (QED) is 0.0574. The third-order valence-electron chi connectivity index (χ3n) is 11.3. The molecule has 0 saturated carbocycles. The zero-order valence-corrected chi connectivity index (χ0v) is 41.6. The molecule has 1 aromatic carbocycles. The first-order chi connectivity index (χ1) is 33.0. The second-order valence-corrected chi connectivity index (χ2v) is 19.0. The largest absolute Gasteiger partial charge is 0.508 e. The molecular formula is C46H73N11O12S. The molecule has 1 heterocycles. The Morgan fingerprint density at radius 2 is 1.43 bits per heavy atom. The lowest BCUT2D eigenvalue weighted by molar-refractivity contribution is -0.141. The van der Waals surface area contributed by atoms with Crippen molar-refractivity contribution < 1.29 is 57.8 Å². The van der Waals surface area contributed by atoms with Gasteiger partial charge in [-0.15, -0.1) is 0 Å². The molecule has 0 spiro atoms. The van der Waals surface area contributed by atoms with Gasteiger partial charge in [-0.2, -0.15) is 11.8 Å². The highest BCUT2D eigenvalue weighted by molar-refractivity contribution is 7.99. The van der Waals surface area contributed by atoms with Crippen molar-refractivity contribution in [2.45, 2.75) is 141 Å². The molecular weight excluding hydrogens is 931 g/mol. The number of hydrogen-bond donors (Lipinski definition) is 11. The zero-order valence-electron chi connectivity index (χ0n) is 40.8. The lowest BCUT2D eigenvalue weighted by Crippen LogP contribution is -2.61. The minimum atomic E-state index is -1.73. The number of carbonyl (C=O) groups excluding carboxylic acids is 11. The molecule has 3 unspecified atom stereocenters. The Morgan fingerprint density at radius 3 is 2.03 bits per heavy atom. The molecule has 11 amide bonds. The minimum Gasteiger partial charge on any atom is -0.508 e. The maximum atomic E-state index is 14.6. The number of phenols is 1. The minimum absolute atomic E-state index is 0.0241. The number of nitrogens with two attached hydrogens (primary N) is 3. The number of nitrogens with zero attached hydrogens (tertiary/aromatic N) is 1. The van der Waals surface area contributed by atoms with Crippen LogP contribution >= 0.6 is 11.8 Å². The van der Waals surface area contributed by atoms with Crippen LogP contribution < -0.4 is 54.4 Å². The van der Waals surface area contributed by atoms with Gasteiger partial charge in [0, 0.05) is 31.6 Å². The van der Waals surface area contributed by atoms with Crippen LogP contribution in [-0.2, 0) is 59.2 Å². The van der Waals surface area contributed by atoms with Crippen LogP contribution in [0.2, 0.25) is 0 Å². The average Bonchev–Trinajstić information content (AvgIpc) is 3.29. The molecule has 1 saturated heterocycles. The van der Waals surface area contributed by atoms with Gasteiger partial charge >= 0.3 is 0 Å². The molecule has 23 nitrogen and oxygen atoms in total. The van der Waals surface area contributed by atoms with E-state index in [1.165, 1.54) is 28.8 Å². The highest BCUT2D eigenvalue weighted by Crippen LogP contribution is 2.16. The number of aromatic hydroxyl groups is 1. The third-order valence-corrected chi connectivity index (χ3v) is 12.3. The lowest BCUT2D eigenvalue weighted by atomic mass is 9.96. The van der Waals surface area contributed by atoms with E-state index < -0.39 is 133 Å². The summed E-state index contributed by atoms with van der Waals surface area (Å²) in [5.74, 6) is -9.29. The number of unbranched alkanes of at least 4 members (excludes halogenated alkanes) is 2. The van der Waals surface area contributed by atoms with E-state index in [0.717, 1.165) is 6.42 Å². The van der Waals surface area contributed by atoms with Crippen LogP contribution in [0.15, 0.2) is 24.3 Å². The van der Waals surface area contributed by atoms with Crippen LogP contribution in [0.4, 0.5) is 0 Å². The average molecular weight is 1000 g/mol. The van der Waals surface area contributed by atoms with Crippen molar-refractivity contribution in [1.82, 2.24) is 42.1 Å². The number of thioether (sulfide) groups is 1. The molecule has 14 N–H and O–H groups in total. The molecule has 0 radical (unpaired) electrons. The maximum Gasteiger partial charge on any atom is 0.245 e. The van der Waals surface area contributed by atoms with Gasteiger partial charge in [0.1, 0.15) is 42.0 Å². The fourth-order valence-electron chi connectivity index (χ4n) is 7.25. The van der Waals surface area contributed by atoms with E-state index in [2.05, 4.69) is 37.2 Å². The molecule has 0 bridgehead atoms. The summed E-state index contributed by atoms with van der Waals surface area (Å²) in [6, 6.07) is -2.32. The van der Waals surface area contributed by atoms with Gasteiger partial charge in [0.05, 0.1) is 19.5 Å². The van der Waals surface area contributed by atoms with Crippen LogP contribution in [0.3, 0.4) is 0 Å². The second kappa shape index (κ2) is 30.9. The summed E-state index contributed by atoms with van der Waals surface area (Å²) in [6.45, 7) is 8.02. The Balaban J connectivity index is 2.64. The second-order valence-electron chi connectivity index (χ2n) is 17.8. The van der Waals surface area contributed by atoms with Gasteiger partial charge in [0.15, 0.2) is 0 Å². The summed E-state index contributed by atoms with van der Waals surface area (Å²) >= 11 is 1.23. The van der Waals surface area contributed by atoms with Crippen LogP contribution in [-0.4, -0.2) is 142 Å². The van der Waals surface area contributed by atoms with E-state index in [1.807, 2.05) is 20.8 Å². The van der Waals surface area contributed by atoms with Gasteiger partial charge < -0.3 is 64.4 Å². The monoisotopic (exact) mass is 1000 g/mol. The molecule has 390 valence electrons. The van der Waals surface area contributed by atoms with Crippen LogP contribution in [0.1, 0.15) is 104 Å². The standard InChI is InChI=1S/C46H73N11O12S/c1-6-8-9-18-57(25-39(63)52-32(21-26(3)4)41(64)50-24-37(49)61)46(69)31-16-19-70-20-17-38(62)51-33(22-28-10-12-29(58)13-11-28)44(67)56-40(27(5)7-2)45(68)53-30(14-15-35(47)59)42(65)55-34(23-36(48)60)43(66)54-31/h10-13,26-27,30-34,40,58H,6-9,14-25H2,1-5H3,(H2,47,59)(H2,48,60)(H2,49,61)(H,50,64)(H,51,62)(H,52,63)(H,53,68)(H,54,66)(H,55,65)(H,56,67)/t27-,30-,31?,32-,33?,34?,40-/m0/s1. The number of amides is 11. The summed E-state index contributed by atoms with van der Waals surface area (Å²) in [7, 11) is 0. The number of benzene rings is 1. The number of carbonyl (C=O) groups is 11. The van der Waals surface area contributed by atoms with Gasteiger partial charge in [-0.3, -0.25) is 52.7 Å². The Bertz CT molecular complexity index is 1990. The van der Waals surface area contributed by atoms with Crippen molar-refractivity contribution in [3.05, 3.63) is 29.8 Å². The van der Waals surface area contributed by atoms with Gasteiger partial charge in [0.2, 0.25) is 65.0 Å². The number of hydrogen-bond acceptors (Lipinski definition) is 13. The van der Waals surface area contributed by atoms with Gasteiger partial charge in [-0.05, 0) is 61.0 Å². The first kappa shape index (κ1) is 59.7. The van der Waals surface area contributed by atoms with E-state index in [9.17, 15) is 57.8 Å². The highest BCUT2D eigenvalue weighted by Gasteiger charge is 2.36. The fraction of sp³-hybridized carbons (Fsp3) is 0.630. The molecule has 24 heteroatoms. The highest BCUT2D eigenvalue weighted by atomic mass is 32.2. The molecule has 1 aliphatic heterocycles. The van der Waals surface area contributed by atoms with E-state index in [0.29, 0.717) is 24.8 Å². The van der Waals surface area contributed by atoms with Gasteiger partial charge in [-0.1, -0.05) is 66.0 Å². The van der Waals surface area contributed by atoms with Crippen molar-refractivity contribution in [3.8, 4) is 5.75 Å². The van der Waals surface area contributed by atoms with Crippen LogP contribution in [0.25, 0.3) is 0 Å². The van der Waals surface area contributed by atoms with E-state index >= 15 is 0 Å². The van der Waals surface area contributed by atoms with Crippen LogP contribution in [0, 0.1) is 11.8 Å². The topological polar surface area (TPSA) is 374 Å². The molecule has 1 aromatic rings. The molecule has 0 aromatic heterocycles.